The number of amides is 1. The van der Waals surface area contributed by atoms with E-state index in [0.29, 0.717) is 24.2 Å². The van der Waals surface area contributed by atoms with Gasteiger partial charge in [-0.25, -0.2) is 0 Å². The third-order valence-electron chi connectivity index (χ3n) is 7.22. The van der Waals surface area contributed by atoms with E-state index in [1.54, 1.807) is 5.56 Å². The quantitative estimate of drug-likeness (QED) is 0.909. The molecular formula is C22H29NO2. The Morgan fingerprint density at radius 1 is 1.08 bits per heavy atom. The molecule has 4 aliphatic rings. The number of hydrogen-bond acceptors (Lipinski definition) is 2. The SMILES string of the molecule is C[C@]1(O)C[C@@H](C(=O)N2CC3(CC[C@@H](c4cccc(C5CC5)c4)C3)C2)C1. The van der Waals surface area contributed by atoms with Crippen LogP contribution in [0.4, 0.5) is 0 Å². The molecule has 3 nitrogen and oxygen atoms in total. The lowest BCUT2D eigenvalue weighted by molar-refractivity contribution is -0.161. The molecule has 25 heavy (non-hydrogen) atoms. The normalized spacial score (nSPS) is 36.2. The van der Waals surface area contributed by atoms with Gasteiger partial charge in [0.25, 0.3) is 0 Å². The first-order valence-corrected chi connectivity index (χ1v) is 10.0. The Morgan fingerprint density at radius 2 is 1.76 bits per heavy atom. The fourth-order valence-electron chi connectivity index (χ4n) is 5.62. The predicted molar refractivity (Wildman–Crippen MR) is 97.4 cm³/mol. The summed E-state index contributed by atoms with van der Waals surface area (Å²) in [6.45, 7) is 3.73. The molecule has 3 saturated carbocycles. The van der Waals surface area contributed by atoms with Gasteiger partial charge in [0, 0.05) is 24.4 Å². The molecule has 1 N–H and O–H groups in total. The Hall–Kier alpha value is -1.35. The van der Waals surface area contributed by atoms with E-state index in [9.17, 15) is 9.90 Å². The van der Waals surface area contributed by atoms with Crippen molar-refractivity contribution in [2.45, 2.75) is 69.3 Å². The molecule has 0 radical (unpaired) electrons. The minimum Gasteiger partial charge on any atom is -0.390 e. The highest BCUT2D eigenvalue weighted by atomic mass is 16.3. The van der Waals surface area contributed by atoms with Crippen molar-refractivity contribution in [2.24, 2.45) is 11.3 Å². The van der Waals surface area contributed by atoms with Crippen LogP contribution in [0.25, 0.3) is 0 Å². The molecule has 1 aliphatic heterocycles. The standard InChI is InChI=1S/C22H29NO2/c1-21(25)10-19(11-21)20(24)23-13-22(14-23)8-7-18(12-22)17-4-2-3-16(9-17)15-5-6-15/h2-4,9,15,18-19,25H,5-8,10-14H2,1H3/t18-,19-,21+/m1/s1. The molecule has 0 unspecified atom stereocenters. The van der Waals surface area contributed by atoms with Crippen LogP contribution in [0.5, 0.6) is 0 Å². The number of aliphatic hydroxyl groups is 1. The Bertz CT molecular complexity index is 692. The van der Waals surface area contributed by atoms with Gasteiger partial charge in [0.15, 0.2) is 0 Å². The van der Waals surface area contributed by atoms with Crippen LogP contribution < -0.4 is 0 Å². The van der Waals surface area contributed by atoms with Gasteiger partial charge in [-0.15, -0.1) is 0 Å². The number of hydrogen-bond donors (Lipinski definition) is 1. The fourth-order valence-corrected chi connectivity index (χ4v) is 5.62. The Labute approximate surface area is 150 Å². The second kappa shape index (κ2) is 5.33. The summed E-state index contributed by atoms with van der Waals surface area (Å²) >= 11 is 0. The van der Waals surface area contributed by atoms with Gasteiger partial charge < -0.3 is 10.0 Å². The number of carbonyl (C=O) groups is 1. The van der Waals surface area contributed by atoms with Crippen LogP contribution in [-0.4, -0.2) is 34.6 Å². The lowest BCUT2D eigenvalue weighted by Gasteiger charge is -2.52. The van der Waals surface area contributed by atoms with Crippen molar-refractivity contribution in [2.75, 3.05) is 13.1 Å². The Morgan fingerprint density at radius 3 is 2.40 bits per heavy atom. The first-order chi connectivity index (χ1) is 11.9. The number of likely N-dealkylation sites (tertiary alicyclic amines) is 1. The predicted octanol–water partition coefficient (Wildman–Crippen LogP) is 3.82. The van der Waals surface area contributed by atoms with E-state index >= 15 is 0 Å². The van der Waals surface area contributed by atoms with Gasteiger partial charge in [-0.2, -0.15) is 0 Å². The van der Waals surface area contributed by atoms with Gasteiger partial charge in [-0.05, 0) is 74.8 Å². The molecule has 4 fully saturated rings. The summed E-state index contributed by atoms with van der Waals surface area (Å²) in [4.78, 5) is 14.6. The van der Waals surface area contributed by atoms with Crippen LogP contribution >= 0.6 is 0 Å². The van der Waals surface area contributed by atoms with Crippen LogP contribution in [0.2, 0.25) is 0 Å². The van der Waals surface area contributed by atoms with Crippen LogP contribution in [0.3, 0.4) is 0 Å². The number of rotatable bonds is 3. The zero-order chi connectivity index (χ0) is 17.2. The molecule has 3 heteroatoms. The molecule has 134 valence electrons. The lowest BCUT2D eigenvalue weighted by Crippen LogP contribution is -2.61. The van der Waals surface area contributed by atoms with E-state index in [2.05, 4.69) is 29.2 Å². The molecule has 1 aromatic carbocycles. The van der Waals surface area contributed by atoms with Crippen LogP contribution in [0.15, 0.2) is 24.3 Å². The molecule has 3 aliphatic carbocycles. The summed E-state index contributed by atoms with van der Waals surface area (Å²) in [6.07, 6.45) is 7.79. The lowest BCUT2D eigenvalue weighted by atomic mass is 9.69. The van der Waals surface area contributed by atoms with E-state index < -0.39 is 5.60 Å². The zero-order valence-electron chi connectivity index (χ0n) is 15.2. The van der Waals surface area contributed by atoms with Crippen LogP contribution in [0, 0.1) is 11.3 Å². The zero-order valence-corrected chi connectivity index (χ0v) is 15.2. The third-order valence-corrected chi connectivity index (χ3v) is 7.22. The maximum atomic E-state index is 12.5. The van der Waals surface area contributed by atoms with Gasteiger partial charge in [0.1, 0.15) is 0 Å². The van der Waals surface area contributed by atoms with E-state index in [0.717, 1.165) is 19.0 Å². The fraction of sp³-hybridized carbons (Fsp3) is 0.682. The average molecular weight is 339 g/mol. The molecule has 0 bridgehead atoms. The molecule has 5 rings (SSSR count). The van der Waals surface area contributed by atoms with Crippen molar-refractivity contribution in [1.29, 1.82) is 0 Å². The highest BCUT2D eigenvalue weighted by molar-refractivity contribution is 5.81. The minimum absolute atomic E-state index is 0.0692. The van der Waals surface area contributed by atoms with Gasteiger partial charge in [0.05, 0.1) is 5.60 Å². The number of carbonyl (C=O) groups excluding carboxylic acids is 1. The minimum atomic E-state index is -0.603. The highest BCUT2D eigenvalue weighted by Gasteiger charge is 2.53. The monoisotopic (exact) mass is 339 g/mol. The topological polar surface area (TPSA) is 40.5 Å². The number of benzene rings is 1. The van der Waals surface area contributed by atoms with E-state index in [1.165, 1.54) is 37.7 Å². The average Bonchev–Trinajstić information content (AvgIpc) is 3.29. The van der Waals surface area contributed by atoms with Gasteiger partial charge in [-0.3, -0.25) is 4.79 Å². The second-order valence-corrected chi connectivity index (χ2v) is 9.68. The Balaban J connectivity index is 1.19. The van der Waals surface area contributed by atoms with Gasteiger partial charge in [0.2, 0.25) is 5.91 Å². The van der Waals surface area contributed by atoms with Crippen molar-refractivity contribution in [1.82, 2.24) is 4.90 Å². The molecule has 1 spiro atoms. The summed E-state index contributed by atoms with van der Waals surface area (Å²) < 4.78 is 0. The summed E-state index contributed by atoms with van der Waals surface area (Å²) in [7, 11) is 0. The van der Waals surface area contributed by atoms with Crippen molar-refractivity contribution < 1.29 is 9.90 Å². The largest absolute Gasteiger partial charge is 0.390 e. The van der Waals surface area contributed by atoms with Crippen LogP contribution in [0.1, 0.15) is 74.8 Å². The van der Waals surface area contributed by atoms with Crippen molar-refractivity contribution in [3.05, 3.63) is 35.4 Å². The molecular weight excluding hydrogens is 310 g/mol. The summed E-state index contributed by atoms with van der Waals surface area (Å²) in [5.74, 6) is 1.86. The molecule has 1 amide bonds. The molecule has 0 aromatic heterocycles. The Kier molecular flexibility index (Phi) is 3.38. The van der Waals surface area contributed by atoms with Crippen molar-refractivity contribution in [3.8, 4) is 0 Å². The first-order valence-electron chi connectivity index (χ1n) is 10.0. The summed E-state index contributed by atoms with van der Waals surface area (Å²) in [6, 6.07) is 9.31. The second-order valence-electron chi connectivity index (χ2n) is 9.68. The summed E-state index contributed by atoms with van der Waals surface area (Å²) in [5, 5.41) is 9.87. The summed E-state index contributed by atoms with van der Waals surface area (Å²) in [5.41, 5.74) is 2.85. The smallest absolute Gasteiger partial charge is 0.225 e. The van der Waals surface area contributed by atoms with Crippen molar-refractivity contribution in [3.63, 3.8) is 0 Å². The maximum Gasteiger partial charge on any atom is 0.225 e. The first kappa shape index (κ1) is 15.9. The molecule has 1 aromatic rings. The highest BCUT2D eigenvalue weighted by Crippen LogP contribution is 2.53. The molecule has 1 atom stereocenters. The van der Waals surface area contributed by atoms with Crippen molar-refractivity contribution >= 4 is 5.91 Å². The van der Waals surface area contributed by atoms with E-state index in [4.69, 9.17) is 0 Å². The van der Waals surface area contributed by atoms with E-state index in [-0.39, 0.29) is 11.8 Å². The van der Waals surface area contributed by atoms with Gasteiger partial charge in [-0.1, -0.05) is 24.3 Å². The maximum absolute atomic E-state index is 12.5. The number of nitrogens with zero attached hydrogens (tertiary/aromatic N) is 1. The molecule has 1 saturated heterocycles. The third kappa shape index (κ3) is 2.81. The molecule has 1 heterocycles. The van der Waals surface area contributed by atoms with E-state index in [1.807, 2.05) is 6.92 Å². The van der Waals surface area contributed by atoms with Gasteiger partial charge >= 0.3 is 0 Å². The van der Waals surface area contributed by atoms with Crippen LogP contribution in [-0.2, 0) is 4.79 Å².